The number of anilines is 1. The van der Waals surface area contributed by atoms with Crippen LogP contribution in [-0.4, -0.2) is 53.9 Å². The number of aliphatic hydroxyl groups excluding tert-OH is 2. The Morgan fingerprint density at radius 2 is 2.00 bits per heavy atom. The van der Waals surface area contributed by atoms with E-state index >= 15 is 0 Å². The van der Waals surface area contributed by atoms with Gasteiger partial charge in [0.2, 0.25) is 11.9 Å². The lowest BCUT2D eigenvalue weighted by Gasteiger charge is -2.28. The molecule has 0 saturated carbocycles. The molecule has 1 aliphatic heterocycles. The number of carbonyl (C=O) groups is 1. The fraction of sp³-hybridized carbons (Fsp3) is 0.500. The molecule has 2 aromatic heterocycles. The number of nitrogens with zero attached hydrogens (tertiary/aromatic N) is 5. The number of aryl methyl sites for hydroxylation is 2. The number of aromatic nitrogens is 4. The van der Waals surface area contributed by atoms with Crippen LogP contribution in [0.25, 0.3) is 0 Å². The van der Waals surface area contributed by atoms with Crippen molar-refractivity contribution in [2.75, 3.05) is 18.9 Å². The van der Waals surface area contributed by atoms with Crippen molar-refractivity contribution < 1.29 is 15.0 Å². The number of hydrogen-bond donors (Lipinski definition) is 3. The molecule has 1 atom stereocenters. The van der Waals surface area contributed by atoms with Gasteiger partial charge in [0, 0.05) is 23.5 Å². The molecule has 0 aliphatic carbocycles. The van der Waals surface area contributed by atoms with E-state index in [-0.39, 0.29) is 24.9 Å². The molecule has 0 aromatic carbocycles. The Balaban J connectivity index is 1.74. The van der Waals surface area contributed by atoms with E-state index in [0.29, 0.717) is 36.7 Å². The molecule has 25 heavy (non-hydrogen) atoms. The summed E-state index contributed by atoms with van der Waals surface area (Å²) in [6.07, 6.45) is -0.780. The first kappa shape index (κ1) is 17.3. The van der Waals surface area contributed by atoms with Gasteiger partial charge < -0.3 is 20.8 Å². The lowest BCUT2D eigenvalue weighted by molar-refractivity contribution is -0.132. The number of hydrogen-bond acceptors (Lipinski definition) is 7. The zero-order chi connectivity index (χ0) is 18.1. The first-order chi connectivity index (χ1) is 11.9. The minimum Gasteiger partial charge on any atom is -0.393 e. The Labute approximate surface area is 145 Å². The summed E-state index contributed by atoms with van der Waals surface area (Å²) in [5, 5.41) is 23.0. The minimum absolute atomic E-state index is 0.0173. The zero-order valence-corrected chi connectivity index (χ0v) is 14.3. The summed E-state index contributed by atoms with van der Waals surface area (Å²) in [6, 6.07) is 1.73. The van der Waals surface area contributed by atoms with Gasteiger partial charge in [-0.05, 0) is 19.9 Å². The summed E-state index contributed by atoms with van der Waals surface area (Å²) in [5.41, 5.74) is 9.12. The molecule has 0 spiro atoms. The van der Waals surface area contributed by atoms with Gasteiger partial charge in [0.25, 0.3) is 0 Å². The van der Waals surface area contributed by atoms with Crippen molar-refractivity contribution in [1.29, 1.82) is 0 Å². The predicted molar refractivity (Wildman–Crippen MR) is 89.3 cm³/mol. The molecule has 0 saturated heterocycles. The highest BCUT2D eigenvalue weighted by Crippen LogP contribution is 2.20. The van der Waals surface area contributed by atoms with Crippen molar-refractivity contribution >= 4 is 11.9 Å². The van der Waals surface area contributed by atoms with E-state index in [4.69, 9.17) is 10.8 Å². The molecule has 3 rings (SSSR count). The summed E-state index contributed by atoms with van der Waals surface area (Å²) >= 11 is 0. The summed E-state index contributed by atoms with van der Waals surface area (Å²) < 4.78 is 1.76. The summed E-state index contributed by atoms with van der Waals surface area (Å²) in [7, 11) is 0. The smallest absolute Gasteiger partial charge is 0.227 e. The second kappa shape index (κ2) is 6.77. The molecule has 0 radical (unpaired) electrons. The Bertz CT molecular complexity index is 780. The molecule has 1 amide bonds. The Hall–Kier alpha value is -2.52. The third kappa shape index (κ3) is 3.47. The van der Waals surface area contributed by atoms with Gasteiger partial charge in [0.15, 0.2) is 0 Å². The van der Waals surface area contributed by atoms with Crippen LogP contribution in [0.5, 0.6) is 0 Å². The maximum Gasteiger partial charge on any atom is 0.227 e. The number of nitrogens with two attached hydrogens (primary N) is 1. The van der Waals surface area contributed by atoms with Gasteiger partial charge in [-0.3, -0.25) is 9.48 Å². The standard InChI is InChI=1S/C16H22N6O3/c1-9-12(10(2)19-16(17)18-9)6-15(25)21-3-4-22-11(7-21)5-13(20-22)14(24)8-23/h5,14,23-24H,3-4,6-8H2,1-2H3,(H2,17,18,19). The van der Waals surface area contributed by atoms with Gasteiger partial charge in [-0.25, -0.2) is 9.97 Å². The molecule has 134 valence electrons. The van der Waals surface area contributed by atoms with Crippen LogP contribution < -0.4 is 5.73 Å². The minimum atomic E-state index is -1.00. The van der Waals surface area contributed by atoms with E-state index in [1.165, 1.54) is 0 Å². The second-order valence-electron chi connectivity index (χ2n) is 6.21. The van der Waals surface area contributed by atoms with E-state index in [1.807, 2.05) is 13.8 Å². The van der Waals surface area contributed by atoms with Gasteiger partial charge in [-0.1, -0.05) is 0 Å². The average molecular weight is 346 g/mol. The quantitative estimate of drug-likeness (QED) is 0.679. The molecular weight excluding hydrogens is 324 g/mol. The molecule has 9 nitrogen and oxygen atoms in total. The molecule has 0 fully saturated rings. The normalized spacial score (nSPS) is 15.1. The molecule has 1 unspecified atom stereocenters. The average Bonchev–Trinajstić information content (AvgIpc) is 3.00. The van der Waals surface area contributed by atoms with Gasteiger partial charge in [-0.2, -0.15) is 5.10 Å². The number of aliphatic hydroxyl groups is 2. The maximum absolute atomic E-state index is 12.7. The van der Waals surface area contributed by atoms with Crippen molar-refractivity contribution in [3.05, 3.63) is 34.4 Å². The number of nitrogen functional groups attached to an aromatic ring is 1. The highest BCUT2D eigenvalue weighted by molar-refractivity contribution is 5.79. The van der Waals surface area contributed by atoms with Crippen LogP contribution in [0.1, 0.15) is 34.4 Å². The van der Waals surface area contributed by atoms with Crippen LogP contribution in [0.15, 0.2) is 6.07 Å². The fourth-order valence-corrected chi connectivity index (χ4v) is 3.04. The van der Waals surface area contributed by atoms with E-state index in [2.05, 4.69) is 15.1 Å². The first-order valence-corrected chi connectivity index (χ1v) is 8.12. The zero-order valence-electron chi connectivity index (χ0n) is 14.3. The molecule has 2 aromatic rings. The monoisotopic (exact) mass is 346 g/mol. The van der Waals surface area contributed by atoms with Crippen molar-refractivity contribution in [3.8, 4) is 0 Å². The van der Waals surface area contributed by atoms with Crippen LogP contribution in [0.3, 0.4) is 0 Å². The highest BCUT2D eigenvalue weighted by Gasteiger charge is 2.25. The third-order valence-corrected chi connectivity index (χ3v) is 4.45. The predicted octanol–water partition coefficient (Wildman–Crippen LogP) is -0.517. The van der Waals surface area contributed by atoms with E-state index in [0.717, 1.165) is 11.3 Å². The molecule has 4 N–H and O–H groups in total. The molecule has 1 aliphatic rings. The van der Waals surface area contributed by atoms with E-state index in [1.54, 1.807) is 15.6 Å². The van der Waals surface area contributed by atoms with Crippen LogP contribution >= 0.6 is 0 Å². The number of fused-ring (bicyclic) bond motifs is 1. The lowest BCUT2D eigenvalue weighted by atomic mass is 10.1. The summed E-state index contributed by atoms with van der Waals surface area (Å²) in [5.74, 6) is 0.194. The maximum atomic E-state index is 12.7. The third-order valence-electron chi connectivity index (χ3n) is 4.45. The molecular formula is C16H22N6O3. The Morgan fingerprint density at radius 3 is 2.64 bits per heavy atom. The number of amides is 1. The van der Waals surface area contributed by atoms with Gasteiger partial charge in [-0.15, -0.1) is 0 Å². The first-order valence-electron chi connectivity index (χ1n) is 8.12. The van der Waals surface area contributed by atoms with Crippen molar-refractivity contribution in [2.24, 2.45) is 0 Å². The van der Waals surface area contributed by atoms with Crippen LogP contribution in [0, 0.1) is 13.8 Å². The van der Waals surface area contributed by atoms with Crippen LogP contribution in [-0.2, 0) is 24.3 Å². The van der Waals surface area contributed by atoms with Crippen molar-refractivity contribution in [2.45, 2.75) is 39.5 Å². The van der Waals surface area contributed by atoms with Gasteiger partial charge in [0.1, 0.15) is 6.10 Å². The van der Waals surface area contributed by atoms with Gasteiger partial charge >= 0.3 is 0 Å². The second-order valence-corrected chi connectivity index (χ2v) is 6.21. The van der Waals surface area contributed by atoms with E-state index < -0.39 is 6.10 Å². The van der Waals surface area contributed by atoms with E-state index in [9.17, 15) is 9.90 Å². The topological polar surface area (TPSA) is 130 Å². The molecule has 9 heteroatoms. The SMILES string of the molecule is Cc1nc(N)nc(C)c1CC(=O)N1CCn2nc(C(O)CO)cc2C1. The Morgan fingerprint density at radius 1 is 1.32 bits per heavy atom. The van der Waals surface area contributed by atoms with Crippen molar-refractivity contribution in [1.82, 2.24) is 24.6 Å². The van der Waals surface area contributed by atoms with Crippen molar-refractivity contribution in [3.63, 3.8) is 0 Å². The molecule has 3 heterocycles. The molecule has 0 bridgehead atoms. The summed E-state index contributed by atoms with van der Waals surface area (Å²) in [4.78, 5) is 22.7. The number of rotatable bonds is 4. The lowest BCUT2D eigenvalue weighted by Crippen LogP contribution is -2.39. The van der Waals surface area contributed by atoms with Gasteiger partial charge in [0.05, 0.1) is 37.5 Å². The largest absolute Gasteiger partial charge is 0.393 e. The summed E-state index contributed by atoms with van der Waals surface area (Å²) in [6.45, 7) is 4.77. The van der Waals surface area contributed by atoms with Crippen LogP contribution in [0.2, 0.25) is 0 Å². The fourth-order valence-electron chi connectivity index (χ4n) is 3.04. The highest BCUT2D eigenvalue weighted by atomic mass is 16.3. The number of carbonyl (C=O) groups excluding carboxylic acids is 1. The van der Waals surface area contributed by atoms with Crippen LogP contribution in [0.4, 0.5) is 5.95 Å². The Kier molecular flexibility index (Phi) is 4.69.